The fourth-order valence-corrected chi connectivity index (χ4v) is 4.94. The van der Waals surface area contributed by atoms with E-state index in [0.29, 0.717) is 17.4 Å². The molecule has 6 atom stereocenters. The van der Waals surface area contributed by atoms with Gasteiger partial charge in [-0.1, -0.05) is 29.8 Å². The first-order chi connectivity index (χ1) is 11.6. The van der Waals surface area contributed by atoms with Gasteiger partial charge in [0.2, 0.25) is 0 Å². The maximum Gasteiger partial charge on any atom is 0.270 e. The number of allylic oxidation sites excluding steroid dienone is 2. The zero-order chi connectivity index (χ0) is 16.6. The Balaban J connectivity index is 1.40. The first kappa shape index (κ1) is 14.0. The molecule has 0 spiro atoms. The SMILES string of the molecule is Cc1ccc(C(=O)NN2C(=O)[C@@H]3[C@H]4C=C[C@H]([C@H]5C[C@H]45)[C@@H]3C2=O)cc1. The van der Waals surface area contributed by atoms with E-state index in [4.69, 9.17) is 0 Å². The minimum atomic E-state index is -0.416. The summed E-state index contributed by atoms with van der Waals surface area (Å²) in [7, 11) is 0. The number of hydrogen-bond donors (Lipinski definition) is 1. The third-order valence-corrected chi connectivity index (χ3v) is 6.19. The first-order valence-corrected chi connectivity index (χ1v) is 8.50. The summed E-state index contributed by atoms with van der Waals surface area (Å²) in [5.74, 6) is -0.00257. The van der Waals surface area contributed by atoms with Crippen LogP contribution in [0.3, 0.4) is 0 Å². The average Bonchev–Trinajstić information content (AvgIpc) is 3.36. The van der Waals surface area contributed by atoms with Gasteiger partial charge in [-0.3, -0.25) is 19.8 Å². The standard InChI is InChI=1S/C19H18N2O3/c1-9-2-4-10(5-3-9)17(22)20-21-18(23)15-11-6-7-12(14-8-13(11)14)16(15)19(21)24/h2-7,11-16H,8H2,1H3,(H,20,22)/t11-,12+,13-,14-,15+,16-/m1/s1. The molecule has 5 nitrogen and oxygen atoms in total. The van der Waals surface area contributed by atoms with Gasteiger partial charge in [0.25, 0.3) is 17.7 Å². The van der Waals surface area contributed by atoms with Crippen molar-refractivity contribution in [2.24, 2.45) is 35.5 Å². The summed E-state index contributed by atoms with van der Waals surface area (Å²) < 4.78 is 0. The molecule has 5 heteroatoms. The number of aryl methyl sites for hydroxylation is 1. The lowest BCUT2D eigenvalue weighted by molar-refractivity contribution is -0.143. The topological polar surface area (TPSA) is 66.5 Å². The molecule has 2 bridgehead atoms. The van der Waals surface area contributed by atoms with E-state index in [-0.39, 0.29) is 35.5 Å². The second-order valence-electron chi connectivity index (χ2n) is 7.47. The number of imide groups is 1. The van der Waals surface area contributed by atoms with Crippen LogP contribution in [-0.2, 0) is 9.59 Å². The largest absolute Gasteiger partial charge is 0.272 e. The number of nitrogens with zero attached hydrogens (tertiary/aromatic N) is 1. The average molecular weight is 322 g/mol. The minimum Gasteiger partial charge on any atom is -0.272 e. The lowest BCUT2D eigenvalue weighted by atomic mass is 9.63. The van der Waals surface area contributed by atoms with Gasteiger partial charge in [0.05, 0.1) is 11.8 Å². The maximum atomic E-state index is 12.8. The molecular formula is C19H18N2O3. The van der Waals surface area contributed by atoms with Gasteiger partial charge in [0.15, 0.2) is 0 Å². The van der Waals surface area contributed by atoms with Gasteiger partial charge in [0.1, 0.15) is 0 Å². The van der Waals surface area contributed by atoms with Crippen molar-refractivity contribution in [3.63, 3.8) is 0 Å². The van der Waals surface area contributed by atoms with Crippen LogP contribution in [0.2, 0.25) is 0 Å². The van der Waals surface area contributed by atoms with Crippen LogP contribution in [0.15, 0.2) is 36.4 Å². The second-order valence-corrected chi connectivity index (χ2v) is 7.47. The van der Waals surface area contributed by atoms with E-state index in [0.717, 1.165) is 17.0 Å². The fraction of sp³-hybridized carbons (Fsp3) is 0.421. The monoisotopic (exact) mass is 322 g/mol. The molecule has 1 aromatic carbocycles. The normalized spacial score (nSPS) is 38.1. The Kier molecular flexibility index (Phi) is 2.65. The summed E-state index contributed by atoms with van der Waals surface area (Å²) in [5, 5.41) is 0.981. The van der Waals surface area contributed by atoms with Crippen molar-refractivity contribution in [1.29, 1.82) is 0 Å². The second kappa shape index (κ2) is 4.56. The molecule has 0 aromatic heterocycles. The Morgan fingerprint density at radius 2 is 1.54 bits per heavy atom. The minimum absolute atomic E-state index is 0.169. The van der Waals surface area contributed by atoms with Gasteiger partial charge >= 0.3 is 0 Å². The number of rotatable bonds is 2. The number of carbonyl (C=O) groups is 3. The highest BCUT2D eigenvalue weighted by Gasteiger charge is 2.67. The van der Waals surface area contributed by atoms with E-state index in [1.165, 1.54) is 0 Å². The molecule has 0 unspecified atom stereocenters. The molecule has 6 rings (SSSR count). The Morgan fingerprint density at radius 1 is 1.00 bits per heavy atom. The van der Waals surface area contributed by atoms with Crippen molar-refractivity contribution >= 4 is 17.7 Å². The van der Waals surface area contributed by atoms with E-state index < -0.39 is 5.91 Å². The van der Waals surface area contributed by atoms with Crippen LogP contribution in [0.4, 0.5) is 0 Å². The van der Waals surface area contributed by atoms with Gasteiger partial charge in [-0.2, -0.15) is 5.01 Å². The van der Waals surface area contributed by atoms with Gasteiger partial charge in [0, 0.05) is 5.56 Å². The number of hydrogen-bond acceptors (Lipinski definition) is 3. The summed E-state index contributed by atoms with van der Waals surface area (Å²) in [5.41, 5.74) is 4.03. The van der Waals surface area contributed by atoms with Crippen LogP contribution in [0, 0.1) is 42.4 Å². The molecule has 3 amide bonds. The Morgan fingerprint density at radius 3 is 2.08 bits per heavy atom. The molecule has 24 heavy (non-hydrogen) atoms. The van der Waals surface area contributed by atoms with Gasteiger partial charge in [-0.15, -0.1) is 0 Å². The van der Waals surface area contributed by atoms with Crippen LogP contribution < -0.4 is 5.43 Å². The van der Waals surface area contributed by atoms with Crippen LogP contribution in [-0.4, -0.2) is 22.7 Å². The Labute approximate surface area is 139 Å². The molecule has 4 aliphatic carbocycles. The van der Waals surface area contributed by atoms with Gasteiger partial charge < -0.3 is 0 Å². The molecule has 0 radical (unpaired) electrons. The summed E-state index contributed by atoms with van der Waals surface area (Å²) in [6.07, 6.45) is 5.37. The number of carbonyl (C=O) groups excluding carboxylic acids is 3. The maximum absolute atomic E-state index is 12.8. The number of nitrogens with one attached hydrogen (secondary N) is 1. The van der Waals surface area contributed by atoms with Crippen molar-refractivity contribution in [2.45, 2.75) is 13.3 Å². The van der Waals surface area contributed by atoms with Crippen LogP contribution >= 0.6 is 0 Å². The summed E-state index contributed by atoms with van der Waals surface area (Å²) in [6.45, 7) is 1.94. The Hall–Kier alpha value is -2.43. The zero-order valence-electron chi connectivity index (χ0n) is 13.3. The van der Waals surface area contributed by atoms with Gasteiger partial charge in [-0.05, 0) is 49.1 Å². The highest BCUT2D eigenvalue weighted by molar-refractivity contribution is 6.08. The lowest BCUT2D eigenvalue weighted by Gasteiger charge is -2.37. The molecule has 2 saturated carbocycles. The molecular weight excluding hydrogens is 304 g/mol. The predicted molar refractivity (Wildman–Crippen MR) is 85.2 cm³/mol. The molecule has 1 heterocycles. The summed E-state index contributed by atoms with van der Waals surface area (Å²) in [6, 6.07) is 7.06. The number of hydrazine groups is 1. The van der Waals surface area contributed by atoms with Crippen molar-refractivity contribution in [2.75, 3.05) is 0 Å². The molecule has 1 saturated heterocycles. The smallest absolute Gasteiger partial charge is 0.270 e. The summed E-state index contributed by atoms with van der Waals surface area (Å²) >= 11 is 0. The van der Waals surface area contributed by atoms with E-state index in [1.54, 1.807) is 12.1 Å². The van der Waals surface area contributed by atoms with Crippen LogP contribution in [0.5, 0.6) is 0 Å². The Bertz CT molecular complexity index is 761. The van der Waals surface area contributed by atoms with Crippen LogP contribution in [0.25, 0.3) is 0 Å². The molecule has 1 N–H and O–H groups in total. The summed E-state index contributed by atoms with van der Waals surface area (Å²) in [4.78, 5) is 38.0. The molecule has 3 fully saturated rings. The quantitative estimate of drug-likeness (QED) is 0.666. The lowest BCUT2D eigenvalue weighted by Crippen LogP contribution is -2.46. The van der Waals surface area contributed by atoms with Crippen molar-refractivity contribution in [3.05, 3.63) is 47.5 Å². The zero-order valence-corrected chi connectivity index (χ0v) is 13.3. The van der Waals surface area contributed by atoms with Crippen molar-refractivity contribution < 1.29 is 14.4 Å². The van der Waals surface area contributed by atoms with E-state index in [2.05, 4.69) is 17.6 Å². The predicted octanol–water partition coefficient (Wildman–Crippen LogP) is 1.69. The van der Waals surface area contributed by atoms with Crippen molar-refractivity contribution in [3.8, 4) is 0 Å². The van der Waals surface area contributed by atoms with Gasteiger partial charge in [-0.25, -0.2) is 0 Å². The van der Waals surface area contributed by atoms with E-state index in [1.807, 2.05) is 19.1 Å². The third kappa shape index (κ3) is 1.72. The first-order valence-electron chi connectivity index (χ1n) is 8.50. The van der Waals surface area contributed by atoms with Crippen LogP contribution in [0.1, 0.15) is 22.3 Å². The molecule has 1 aliphatic heterocycles. The highest BCUT2D eigenvalue weighted by Crippen LogP contribution is 2.65. The van der Waals surface area contributed by atoms with E-state index in [9.17, 15) is 14.4 Å². The van der Waals surface area contributed by atoms with E-state index >= 15 is 0 Å². The number of benzene rings is 1. The highest BCUT2D eigenvalue weighted by atomic mass is 16.2. The third-order valence-electron chi connectivity index (χ3n) is 6.19. The molecule has 5 aliphatic rings. The van der Waals surface area contributed by atoms with Crippen molar-refractivity contribution in [1.82, 2.24) is 10.4 Å². The molecule has 1 aromatic rings. The number of amides is 3. The molecule has 122 valence electrons. The fourth-order valence-electron chi connectivity index (χ4n) is 4.94.